The van der Waals surface area contributed by atoms with E-state index in [9.17, 15) is 4.79 Å². The maximum Gasteiger partial charge on any atom is 0.245 e. The van der Waals surface area contributed by atoms with Crippen LogP contribution < -0.4 is 21.1 Å². The van der Waals surface area contributed by atoms with Crippen molar-refractivity contribution in [3.63, 3.8) is 0 Å². The fourth-order valence-electron chi connectivity index (χ4n) is 1.70. The van der Waals surface area contributed by atoms with Gasteiger partial charge in [0.05, 0.1) is 12.8 Å². The zero-order chi connectivity index (χ0) is 11.6. The highest BCUT2D eigenvalue weighted by molar-refractivity contribution is 5.90. The molecule has 2 rings (SSSR count). The van der Waals surface area contributed by atoms with Crippen LogP contribution in [0.2, 0.25) is 0 Å². The maximum absolute atomic E-state index is 11.4. The summed E-state index contributed by atoms with van der Waals surface area (Å²) in [5, 5.41) is 6.19. The van der Waals surface area contributed by atoms with Crippen LogP contribution in [0.4, 0.5) is 5.69 Å². The van der Waals surface area contributed by atoms with Gasteiger partial charge in [0, 0.05) is 13.1 Å². The van der Waals surface area contributed by atoms with Gasteiger partial charge in [0.15, 0.2) is 0 Å². The average Bonchev–Trinajstić information content (AvgIpc) is 2.23. The van der Waals surface area contributed by atoms with Crippen molar-refractivity contribution in [2.75, 3.05) is 25.5 Å². The first-order valence-corrected chi connectivity index (χ1v) is 5.10. The summed E-state index contributed by atoms with van der Waals surface area (Å²) in [7, 11) is 1.59. The Kier molecular flexibility index (Phi) is 2.70. The molecule has 1 amide bonds. The van der Waals surface area contributed by atoms with Gasteiger partial charge in [0.2, 0.25) is 5.91 Å². The van der Waals surface area contributed by atoms with E-state index in [1.165, 1.54) is 0 Å². The monoisotopic (exact) mass is 221 g/mol. The minimum Gasteiger partial charge on any atom is -0.495 e. The van der Waals surface area contributed by atoms with Gasteiger partial charge < -0.3 is 21.1 Å². The molecule has 1 fully saturated rings. The van der Waals surface area contributed by atoms with Crippen LogP contribution >= 0.6 is 0 Å². The van der Waals surface area contributed by atoms with E-state index in [4.69, 9.17) is 10.5 Å². The third-order valence-corrected chi connectivity index (χ3v) is 2.81. The van der Waals surface area contributed by atoms with E-state index >= 15 is 0 Å². The van der Waals surface area contributed by atoms with Gasteiger partial charge in [0.1, 0.15) is 11.3 Å². The summed E-state index contributed by atoms with van der Waals surface area (Å²) < 4.78 is 5.20. The molecular formula is C11H15N3O2. The van der Waals surface area contributed by atoms with Gasteiger partial charge in [-0.05, 0) is 12.1 Å². The van der Waals surface area contributed by atoms with Crippen LogP contribution in [-0.4, -0.2) is 31.6 Å². The number of benzene rings is 1. The van der Waals surface area contributed by atoms with Crippen LogP contribution in [-0.2, 0) is 4.79 Å². The maximum atomic E-state index is 11.4. The van der Waals surface area contributed by atoms with Crippen molar-refractivity contribution in [1.82, 2.24) is 5.32 Å². The first-order chi connectivity index (χ1) is 7.68. The Morgan fingerprint density at radius 1 is 1.50 bits per heavy atom. The highest BCUT2D eigenvalue weighted by atomic mass is 16.5. The van der Waals surface area contributed by atoms with Gasteiger partial charge in [-0.15, -0.1) is 0 Å². The van der Waals surface area contributed by atoms with Gasteiger partial charge in [-0.1, -0.05) is 12.1 Å². The van der Waals surface area contributed by atoms with E-state index in [2.05, 4.69) is 10.6 Å². The van der Waals surface area contributed by atoms with Crippen LogP contribution in [0.5, 0.6) is 5.75 Å². The number of hydrogen-bond donors (Lipinski definition) is 3. The molecular weight excluding hydrogens is 206 g/mol. The molecule has 4 N–H and O–H groups in total. The standard InChI is InChI=1S/C11H15N3O2/c1-16-9-5-3-2-4-8(9)14-11(10(12)15)6-13-7-11/h2-5,13-14H,6-7H2,1H3,(H2,12,15). The molecule has 86 valence electrons. The number of carbonyl (C=O) groups excluding carboxylic acids is 1. The normalized spacial score (nSPS) is 17.3. The van der Waals surface area contributed by atoms with Crippen molar-refractivity contribution < 1.29 is 9.53 Å². The summed E-state index contributed by atoms with van der Waals surface area (Å²) in [4.78, 5) is 11.4. The van der Waals surface area contributed by atoms with E-state index in [0.717, 1.165) is 5.69 Å². The fraction of sp³-hybridized carbons (Fsp3) is 0.364. The lowest BCUT2D eigenvalue weighted by Gasteiger charge is -2.41. The number of nitrogens with two attached hydrogens (primary N) is 1. The largest absolute Gasteiger partial charge is 0.495 e. The summed E-state index contributed by atoms with van der Waals surface area (Å²) >= 11 is 0. The Morgan fingerprint density at radius 2 is 2.19 bits per heavy atom. The molecule has 1 saturated heterocycles. The van der Waals surface area contributed by atoms with Crippen LogP contribution in [0.3, 0.4) is 0 Å². The van der Waals surface area contributed by atoms with Crippen molar-refractivity contribution in [2.45, 2.75) is 5.54 Å². The summed E-state index contributed by atoms with van der Waals surface area (Å²) in [5.74, 6) is 0.354. The zero-order valence-corrected chi connectivity index (χ0v) is 9.12. The fourth-order valence-corrected chi connectivity index (χ4v) is 1.70. The first-order valence-electron chi connectivity index (χ1n) is 5.10. The third kappa shape index (κ3) is 1.69. The SMILES string of the molecule is COc1ccccc1NC1(C(N)=O)CNC1. The number of methoxy groups -OCH3 is 1. The molecule has 5 nitrogen and oxygen atoms in total. The molecule has 0 aromatic heterocycles. The number of amides is 1. The second-order valence-corrected chi connectivity index (χ2v) is 3.88. The third-order valence-electron chi connectivity index (χ3n) is 2.81. The van der Waals surface area contributed by atoms with Gasteiger partial charge in [-0.2, -0.15) is 0 Å². The molecule has 0 unspecified atom stereocenters. The van der Waals surface area contributed by atoms with E-state index in [1.54, 1.807) is 7.11 Å². The lowest BCUT2D eigenvalue weighted by Crippen LogP contribution is -2.70. The second kappa shape index (κ2) is 4.02. The van der Waals surface area contributed by atoms with E-state index in [1.807, 2.05) is 24.3 Å². The highest BCUT2D eigenvalue weighted by Crippen LogP contribution is 2.27. The number of primary amides is 1. The van der Waals surface area contributed by atoms with Gasteiger partial charge in [-0.25, -0.2) is 0 Å². The quantitative estimate of drug-likeness (QED) is 0.665. The molecule has 0 bridgehead atoms. The zero-order valence-electron chi connectivity index (χ0n) is 9.12. The topological polar surface area (TPSA) is 76.4 Å². The van der Waals surface area contributed by atoms with E-state index in [-0.39, 0.29) is 5.91 Å². The van der Waals surface area contributed by atoms with Crippen LogP contribution in [0, 0.1) is 0 Å². The molecule has 1 aromatic carbocycles. The van der Waals surface area contributed by atoms with Gasteiger partial charge in [0.25, 0.3) is 0 Å². The lowest BCUT2D eigenvalue weighted by molar-refractivity contribution is -0.123. The van der Waals surface area contributed by atoms with Crippen LogP contribution in [0.1, 0.15) is 0 Å². The Morgan fingerprint density at radius 3 is 2.69 bits per heavy atom. The average molecular weight is 221 g/mol. The Balaban J connectivity index is 2.22. The number of hydrogen-bond acceptors (Lipinski definition) is 4. The molecule has 5 heteroatoms. The van der Waals surface area contributed by atoms with Crippen molar-refractivity contribution in [1.29, 1.82) is 0 Å². The Labute approximate surface area is 94.0 Å². The second-order valence-electron chi connectivity index (χ2n) is 3.88. The van der Waals surface area contributed by atoms with Crippen LogP contribution in [0.15, 0.2) is 24.3 Å². The number of anilines is 1. The van der Waals surface area contributed by atoms with Crippen molar-refractivity contribution >= 4 is 11.6 Å². The summed E-state index contributed by atoms with van der Waals surface area (Å²) in [5.41, 5.74) is 5.49. The van der Waals surface area contributed by atoms with Crippen molar-refractivity contribution in [3.05, 3.63) is 24.3 Å². The van der Waals surface area contributed by atoms with Crippen LogP contribution in [0.25, 0.3) is 0 Å². The predicted octanol–water partition coefficient (Wildman–Crippen LogP) is -0.0656. The molecule has 16 heavy (non-hydrogen) atoms. The molecule has 0 aliphatic carbocycles. The van der Waals surface area contributed by atoms with Crippen molar-refractivity contribution in [3.8, 4) is 5.75 Å². The molecule has 0 saturated carbocycles. The first kappa shape index (κ1) is 10.8. The van der Waals surface area contributed by atoms with E-state index in [0.29, 0.717) is 18.8 Å². The minimum absolute atomic E-state index is 0.350. The summed E-state index contributed by atoms with van der Waals surface area (Å²) in [6, 6.07) is 7.45. The molecule has 1 aromatic rings. The number of para-hydroxylation sites is 2. The van der Waals surface area contributed by atoms with Gasteiger partial charge in [-0.3, -0.25) is 4.79 Å². The summed E-state index contributed by atoms with van der Waals surface area (Å²) in [6.07, 6.45) is 0. The Bertz CT molecular complexity index is 402. The Hall–Kier alpha value is -1.75. The number of nitrogens with one attached hydrogen (secondary N) is 2. The number of ether oxygens (including phenoxy) is 1. The summed E-state index contributed by atoms with van der Waals surface area (Å²) in [6.45, 7) is 1.08. The molecule has 0 radical (unpaired) electrons. The molecule has 1 heterocycles. The highest BCUT2D eigenvalue weighted by Gasteiger charge is 2.43. The molecule has 0 atom stereocenters. The lowest BCUT2D eigenvalue weighted by atomic mass is 9.91. The number of carbonyl (C=O) groups is 1. The smallest absolute Gasteiger partial charge is 0.245 e. The van der Waals surface area contributed by atoms with E-state index < -0.39 is 5.54 Å². The molecule has 0 spiro atoms. The predicted molar refractivity (Wildman–Crippen MR) is 61.4 cm³/mol. The molecule has 1 aliphatic heterocycles. The van der Waals surface area contributed by atoms with Gasteiger partial charge >= 0.3 is 0 Å². The number of rotatable bonds is 4. The minimum atomic E-state index is -0.686. The molecule has 1 aliphatic rings. The van der Waals surface area contributed by atoms with Crippen molar-refractivity contribution in [2.24, 2.45) is 5.73 Å².